The van der Waals surface area contributed by atoms with E-state index in [0.29, 0.717) is 6.04 Å². The van der Waals surface area contributed by atoms with Gasteiger partial charge < -0.3 is 10.6 Å². The van der Waals surface area contributed by atoms with E-state index in [1.54, 1.807) is 0 Å². The van der Waals surface area contributed by atoms with Gasteiger partial charge in [-0.3, -0.25) is 4.98 Å². The zero-order valence-electron chi connectivity index (χ0n) is 7.69. The van der Waals surface area contributed by atoms with Crippen molar-refractivity contribution in [1.29, 1.82) is 0 Å². The molecule has 0 aliphatic carbocycles. The van der Waals surface area contributed by atoms with Gasteiger partial charge in [0.05, 0.1) is 0 Å². The number of anilines is 1. The standard InChI is InChI=1S/C10H15N3/c11-8-10-2-1-7-13(10)9-3-5-12-6-4-9/h3-6,10H,1-2,7-8,11H2/t10-/m0/s1. The van der Waals surface area contributed by atoms with Gasteiger partial charge in [-0.05, 0) is 25.0 Å². The minimum absolute atomic E-state index is 0.530. The van der Waals surface area contributed by atoms with Crippen LogP contribution in [-0.4, -0.2) is 24.1 Å². The van der Waals surface area contributed by atoms with Gasteiger partial charge in [-0.1, -0.05) is 0 Å². The highest BCUT2D eigenvalue weighted by atomic mass is 15.2. The Kier molecular flexibility index (Phi) is 2.45. The van der Waals surface area contributed by atoms with Crippen molar-refractivity contribution in [2.75, 3.05) is 18.0 Å². The predicted molar refractivity (Wildman–Crippen MR) is 53.7 cm³/mol. The third kappa shape index (κ3) is 1.65. The van der Waals surface area contributed by atoms with Gasteiger partial charge in [0.15, 0.2) is 0 Å². The van der Waals surface area contributed by atoms with Gasteiger partial charge in [-0.2, -0.15) is 0 Å². The fourth-order valence-corrected chi connectivity index (χ4v) is 1.96. The minimum atomic E-state index is 0.530. The van der Waals surface area contributed by atoms with Gasteiger partial charge in [-0.25, -0.2) is 0 Å². The highest BCUT2D eigenvalue weighted by Gasteiger charge is 2.22. The summed E-state index contributed by atoms with van der Waals surface area (Å²) in [5.41, 5.74) is 6.96. The Hall–Kier alpha value is -1.09. The molecule has 1 saturated heterocycles. The quantitative estimate of drug-likeness (QED) is 0.733. The normalized spacial score (nSPS) is 22.2. The topological polar surface area (TPSA) is 42.1 Å². The summed E-state index contributed by atoms with van der Waals surface area (Å²) in [5.74, 6) is 0. The molecular weight excluding hydrogens is 162 g/mol. The van der Waals surface area contributed by atoms with E-state index in [1.165, 1.54) is 18.5 Å². The van der Waals surface area contributed by atoms with E-state index in [9.17, 15) is 0 Å². The molecule has 2 N–H and O–H groups in total. The maximum absolute atomic E-state index is 5.70. The van der Waals surface area contributed by atoms with Crippen molar-refractivity contribution < 1.29 is 0 Å². The Labute approximate surface area is 78.6 Å². The van der Waals surface area contributed by atoms with E-state index in [1.807, 2.05) is 24.5 Å². The maximum atomic E-state index is 5.70. The summed E-state index contributed by atoms with van der Waals surface area (Å²) in [6.45, 7) is 1.88. The molecule has 1 aliphatic rings. The van der Waals surface area contributed by atoms with Crippen LogP contribution in [0.15, 0.2) is 24.5 Å². The summed E-state index contributed by atoms with van der Waals surface area (Å²) in [6, 6.07) is 4.63. The average molecular weight is 177 g/mol. The molecule has 1 fully saturated rings. The van der Waals surface area contributed by atoms with Crippen LogP contribution in [0.4, 0.5) is 5.69 Å². The zero-order chi connectivity index (χ0) is 9.10. The van der Waals surface area contributed by atoms with Crippen molar-refractivity contribution >= 4 is 5.69 Å². The molecule has 0 bridgehead atoms. The van der Waals surface area contributed by atoms with Crippen molar-refractivity contribution in [2.24, 2.45) is 5.73 Å². The molecule has 2 heterocycles. The maximum Gasteiger partial charge on any atom is 0.0413 e. The fourth-order valence-electron chi connectivity index (χ4n) is 1.96. The summed E-state index contributed by atoms with van der Waals surface area (Å²) in [4.78, 5) is 6.39. The first-order chi connectivity index (χ1) is 6.42. The SMILES string of the molecule is NC[C@@H]1CCCN1c1ccncc1. The lowest BCUT2D eigenvalue weighted by molar-refractivity contribution is 0.677. The van der Waals surface area contributed by atoms with Crippen LogP contribution in [0.2, 0.25) is 0 Å². The van der Waals surface area contributed by atoms with Crippen LogP contribution in [0, 0.1) is 0 Å². The minimum Gasteiger partial charge on any atom is -0.367 e. The average Bonchev–Trinajstić information content (AvgIpc) is 2.67. The molecule has 2 rings (SSSR count). The molecule has 70 valence electrons. The van der Waals surface area contributed by atoms with Gasteiger partial charge >= 0.3 is 0 Å². The molecule has 0 unspecified atom stereocenters. The van der Waals surface area contributed by atoms with Crippen LogP contribution in [-0.2, 0) is 0 Å². The molecule has 0 saturated carbocycles. The summed E-state index contributed by atoms with van der Waals surface area (Å²) in [7, 11) is 0. The van der Waals surface area contributed by atoms with Crippen molar-refractivity contribution in [3.05, 3.63) is 24.5 Å². The third-order valence-electron chi connectivity index (χ3n) is 2.64. The summed E-state index contributed by atoms with van der Waals surface area (Å²) in [5, 5.41) is 0. The van der Waals surface area contributed by atoms with E-state index in [-0.39, 0.29) is 0 Å². The Morgan fingerprint density at radius 3 is 2.92 bits per heavy atom. The smallest absolute Gasteiger partial charge is 0.0413 e. The lowest BCUT2D eigenvalue weighted by Crippen LogP contribution is -2.35. The number of nitrogens with zero attached hydrogens (tertiary/aromatic N) is 2. The van der Waals surface area contributed by atoms with E-state index >= 15 is 0 Å². The number of rotatable bonds is 2. The van der Waals surface area contributed by atoms with Gasteiger partial charge in [0.2, 0.25) is 0 Å². The second-order valence-corrected chi connectivity index (χ2v) is 3.43. The molecule has 1 aromatic rings. The molecule has 1 atom stereocenters. The van der Waals surface area contributed by atoms with Crippen LogP contribution >= 0.6 is 0 Å². The first-order valence-electron chi connectivity index (χ1n) is 4.78. The van der Waals surface area contributed by atoms with Crippen LogP contribution in [0.3, 0.4) is 0 Å². The third-order valence-corrected chi connectivity index (χ3v) is 2.64. The van der Waals surface area contributed by atoms with E-state index in [0.717, 1.165) is 13.1 Å². The number of hydrogen-bond donors (Lipinski definition) is 1. The van der Waals surface area contributed by atoms with Gasteiger partial charge in [0, 0.05) is 37.2 Å². The molecule has 1 aromatic heterocycles. The molecule has 0 spiro atoms. The monoisotopic (exact) mass is 177 g/mol. The second kappa shape index (κ2) is 3.75. The van der Waals surface area contributed by atoms with Gasteiger partial charge in [-0.15, -0.1) is 0 Å². The Bertz CT molecular complexity index is 260. The van der Waals surface area contributed by atoms with Crippen molar-refractivity contribution in [3.63, 3.8) is 0 Å². The van der Waals surface area contributed by atoms with E-state index < -0.39 is 0 Å². The molecule has 0 radical (unpaired) electrons. The molecule has 13 heavy (non-hydrogen) atoms. The Balaban J connectivity index is 2.16. The molecule has 3 heteroatoms. The fraction of sp³-hybridized carbons (Fsp3) is 0.500. The molecular formula is C10H15N3. The highest BCUT2D eigenvalue weighted by molar-refractivity contribution is 5.46. The Morgan fingerprint density at radius 1 is 1.46 bits per heavy atom. The predicted octanol–water partition coefficient (Wildman–Crippen LogP) is 1.01. The van der Waals surface area contributed by atoms with Gasteiger partial charge in [0.25, 0.3) is 0 Å². The van der Waals surface area contributed by atoms with E-state index in [2.05, 4.69) is 9.88 Å². The van der Waals surface area contributed by atoms with Crippen molar-refractivity contribution in [2.45, 2.75) is 18.9 Å². The largest absolute Gasteiger partial charge is 0.367 e. The molecule has 0 amide bonds. The highest BCUT2D eigenvalue weighted by Crippen LogP contribution is 2.23. The number of aromatic nitrogens is 1. The number of nitrogens with two attached hydrogens (primary N) is 1. The van der Waals surface area contributed by atoms with Crippen LogP contribution in [0.1, 0.15) is 12.8 Å². The van der Waals surface area contributed by atoms with Gasteiger partial charge in [0.1, 0.15) is 0 Å². The molecule has 3 nitrogen and oxygen atoms in total. The number of pyridine rings is 1. The van der Waals surface area contributed by atoms with Crippen molar-refractivity contribution in [3.8, 4) is 0 Å². The van der Waals surface area contributed by atoms with E-state index in [4.69, 9.17) is 5.73 Å². The van der Waals surface area contributed by atoms with Crippen LogP contribution in [0.25, 0.3) is 0 Å². The lowest BCUT2D eigenvalue weighted by atomic mass is 10.2. The Morgan fingerprint density at radius 2 is 2.23 bits per heavy atom. The molecule has 0 aromatic carbocycles. The van der Waals surface area contributed by atoms with Crippen molar-refractivity contribution in [1.82, 2.24) is 4.98 Å². The first kappa shape index (κ1) is 8.51. The summed E-state index contributed by atoms with van der Waals surface area (Å²) >= 11 is 0. The summed E-state index contributed by atoms with van der Waals surface area (Å²) < 4.78 is 0. The van der Waals surface area contributed by atoms with Crippen LogP contribution in [0.5, 0.6) is 0 Å². The zero-order valence-corrected chi connectivity index (χ0v) is 7.69. The molecule has 1 aliphatic heterocycles. The first-order valence-corrected chi connectivity index (χ1v) is 4.78. The second-order valence-electron chi connectivity index (χ2n) is 3.43. The lowest BCUT2D eigenvalue weighted by Gasteiger charge is -2.25. The summed E-state index contributed by atoms with van der Waals surface area (Å²) in [6.07, 6.45) is 6.14. The number of hydrogen-bond acceptors (Lipinski definition) is 3. The van der Waals surface area contributed by atoms with Crippen LogP contribution < -0.4 is 10.6 Å².